The molecular weight excluding hydrogens is 398 g/mol. The van der Waals surface area contributed by atoms with Crippen LogP contribution >= 0.6 is 12.4 Å². The third-order valence-corrected chi connectivity index (χ3v) is 5.03. The Morgan fingerprint density at radius 3 is 2.45 bits per heavy atom. The van der Waals surface area contributed by atoms with Crippen LogP contribution < -0.4 is 16.0 Å². The fourth-order valence-corrected chi connectivity index (χ4v) is 3.31. The molecule has 3 N–H and O–H groups in total. The molecule has 0 saturated carbocycles. The van der Waals surface area contributed by atoms with E-state index in [2.05, 4.69) is 12.2 Å². The summed E-state index contributed by atoms with van der Waals surface area (Å²) in [5.74, 6) is -0.360. The highest BCUT2D eigenvalue weighted by Gasteiger charge is 2.26. The number of rotatable bonds is 8. The van der Waals surface area contributed by atoms with Gasteiger partial charge in [0.05, 0.1) is 4.92 Å². The van der Waals surface area contributed by atoms with Crippen LogP contribution in [0.5, 0.6) is 0 Å². The van der Waals surface area contributed by atoms with Gasteiger partial charge in [-0.1, -0.05) is 19.8 Å². The first kappa shape index (κ1) is 24.6. The van der Waals surface area contributed by atoms with Crippen molar-refractivity contribution in [2.75, 3.05) is 37.6 Å². The standard InChI is InChI=1S/C19H29N5O4.ClH/c1-3-4-5-16(13-20)21-19(26)15-6-7-17(18(12-15)24(27)28)23-10-8-22(9-11-23)14(2)25;/h6-7,12,16H,3-5,8-11,13,20H2,1-2H3,(H,21,26);1H. The SMILES string of the molecule is CCCCC(CN)NC(=O)c1ccc(N2CCN(C(C)=O)CC2)c([N+](=O)[O-])c1.Cl. The Morgan fingerprint density at radius 1 is 1.28 bits per heavy atom. The van der Waals surface area contributed by atoms with E-state index in [1.807, 2.05) is 4.90 Å². The van der Waals surface area contributed by atoms with Gasteiger partial charge in [-0.3, -0.25) is 19.7 Å². The van der Waals surface area contributed by atoms with Crippen molar-refractivity contribution in [1.82, 2.24) is 10.2 Å². The minimum atomic E-state index is -0.471. The molecular formula is C19H30ClN5O4. The molecule has 1 aromatic carbocycles. The summed E-state index contributed by atoms with van der Waals surface area (Å²) >= 11 is 0. The van der Waals surface area contributed by atoms with Gasteiger partial charge >= 0.3 is 0 Å². The van der Waals surface area contributed by atoms with Gasteiger partial charge in [0.15, 0.2) is 0 Å². The molecule has 9 nitrogen and oxygen atoms in total. The van der Waals surface area contributed by atoms with E-state index in [1.54, 1.807) is 17.0 Å². The summed E-state index contributed by atoms with van der Waals surface area (Å²) < 4.78 is 0. The summed E-state index contributed by atoms with van der Waals surface area (Å²) in [5, 5.41) is 14.5. The molecule has 10 heteroatoms. The zero-order valence-electron chi connectivity index (χ0n) is 16.9. The number of carbonyl (C=O) groups is 2. The van der Waals surface area contributed by atoms with Crippen molar-refractivity contribution >= 4 is 35.6 Å². The number of halogens is 1. The molecule has 2 amide bonds. The van der Waals surface area contributed by atoms with Crippen LogP contribution in [0.3, 0.4) is 0 Å². The van der Waals surface area contributed by atoms with Crippen LogP contribution in [0.25, 0.3) is 0 Å². The molecule has 1 saturated heterocycles. The van der Waals surface area contributed by atoms with Gasteiger partial charge in [0.2, 0.25) is 5.91 Å². The zero-order chi connectivity index (χ0) is 20.7. The Labute approximate surface area is 177 Å². The van der Waals surface area contributed by atoms with Crippen molar-refractivity contribution in [3.05, 3.63) is 33.9 Å². The number of anilines is 1. The molecule has 0 aliphatic carbocycles. The first-order valence-electron chi connectivity index (χ1n) is 9.67. The predicted molar refractivity (Wildman–Crippen MR) is 115 cm³/mol. The lowest BCUT2D eigenvalue weighted by Gasteiger charge is -2.35. The Kier molecular flexibility index (Phi) is 9.84. The second kappa shape index (κ2) is 11.6. The van der Waals surface area contributed by atoms with Crippen LogP contribution in [0, 0.1) is 10.1 Å². The number of amides is 2. The summed E-state index contributed by atoms with van der Waals surface area (Å²) in [6, 6.07) is 4.38. The molecule has 2 rings (SSSR count). The smallest absolute Gasteiger partial charge is 0.293 e. The molecule has 1 aromatic rings. The lowest BCUT2D eigenvalue weighted by molar-refractivity contribution is -0.384. The molecule has 162 valence electrons. The molecule has 0 radical (unpaired) electrons. The summed E-state index contributed by atoms with van der Waals surface area (Å²) in [6.45, 7) is 5.96. The van der Waals surface area contributed by atoms with Crippen molar-refractivity contribution < 1.29 is 14.5 Å². The average Bonchev–Trinajstić information content (AvgIpc) is 2.70. The van der Waals surface area contributed by atoms with E-state index in [-0.39, 0.29) is 41.5 Å². The minimum Gasteiger partial charge on any atom is -0.362 e. The fourth-order valence-electron chi connectivity index (χ4n) is 3.31. The van der Waals surface area contributed by atoms with Gasteiger partial charge in [-0.25, -0.2) is 0 Å². The maximum atomic E-state index is 12.5. The topological polar surface area (TPSA) is 122 Å². The summed E-state index contributed by atoms with van der Waals surface area (Å²) in [4.78, 5) is 38.7. The van der Waals surface area contributed by atoms with Gasteiger partial charge in [-0.2, -0.15) is 0 Å². The molecule has 1 heterocycles. The Hall–Kier alpha value is -2.39. The van der Waals surface area contributed by atoms with Crippen LogP contribution in [0.1, 0.15) is 43.5 Å². The largest absolute Gasteiger partial charge is 0.362 e. The molecule has 1 aliphatic rings. The lowest BCUT2D eigenvalue weighted by Crippen LogP contribution is -2.48. The highest BCUT2D eigenvalue weighted by atomic mass is 35.5. The fraction of sp³-hybridized carbons (Fsp3) is 0.579. The van der Waals surface area contributed by atoms with Crippen LogP contribution in [0.2, 0.25) is 0 Å². The van der Waals surface area contributed by atoms with E-state index in [4.69, 9.17) is 5.73 Å². The first-order valence-corrected chi connectivity index (χ1v) is 9.67. The predicted octanol–water partition coefficient (Wildman–Crippen LogP) is 1.93. The van der Waals surface area contributed by atoms with Crippen LogP contribution in [0.15, 0.2) is 18.2 Å². The van der Waals surface area contributed by atoms with Gasteiger partial charge in [0, 0.05) is 57.3 Å². The number of carbonyl (C=O) groups excluding carboxylic acids is 2. The number of nitro benzene ring substituents is 1. The van der Waals surface area contributed by atoms with Crippen LogP contribution in [-0.4, -0.2) is 60.4 Å². The lowest BCUT2D eigenvalue weighted by atomic mass is 10.1. The van der Waals surface area contributed by atoms with E-state index in [9.17, 15) is 19.7 Å². The Morgan fingerprint density at radius 2 is 1.93 bits per heavy atom. The second-order valence-corrected chi connectivity index (χ2v) is 7.00. The Balaban J connectivity index is 0.00000420. The number of piperazine rings is 1. The molecule has 1 fully saturated rings. The van der Waals surface area contributed by atoms with Gasteiger partial charge in [0.1, 0.15) is 5.69 Å². The van der Waals surface area contributed by atoms with Crippen molar-refractivity contribution in [2.45, 2.75) is 39.2 Å². The van der Waals surface area contributed by atoms with Gasteiger partial charge in [0.25, 0.3) is 11.6 Å². The van der Waals surface area contributed by atoms with Gasteiger partial charge < -0.3 is 20.9 Å². The number of nitro groups is 1. The number of benzene rings is 1. The normalized spacial score (nSPS) is 14.7. The first-order chi connectivity index (χ1) is 13.4. The van der Waals surface area contributed by atoms with Crippen molar-refractivity contribution in [1.29, 1.82) is 0 Å². The Bertz CT molecular complexity index is 723. The maximum absolute atomic E-state index is 12.5. The van der Waals surface area contributed by atoms with E-state index in [0.29, 0.717) is 38.4 Å². The number of nitrogens with one attached hydrogen (secondary N) is 1. The number of hydrogen-bond donors (Lipinski definition) is 2. The molecule has 0 spiro atoms. The van der Waals surface area contributed by atoms with Crippen LogP contribution in [-0.2, 0) is 4.79 Å². The summed E-state index contributed by atoms with van der Waals surface area (Å²) in [7, 11) is 0. The van der Waals surface area contributed by atoms with Crippen molar-refractivity contribution in [3.63, 3.8) is 0 Å². The monoisotopic (exact) mass is 427 g/mol. The summed E-state index contributed by atoms with van der Waals surface area (Å²) in [5.41, 5.74) is 6.31. The van der Waals surface area contributed by atoms with E-state index in [1.165, 1.54) is 13.0 Å². The van der Waals surface area contributed by atoms with Crippen molar-refractivity contribution in [3.8, 4) is 0 Å². The third kappa shape index (κ3) is 6.57. The minimum absolute atomic E-state index is 0. The summed E-state index contributed by atoms with van der Waals surface area (Å²) in [6.07, 6.45) is 2.73. The second-order valence-electron chi connectivity index (χ2n) is 7.00. The van der Waals surface area contributed by atoms with E-state index >= 15 is 0 Å². The van der Waals surface area contributed by atoms with E-state index < -0.39 is 4.92 Å². The average molecular weight is 428 g/mol. The highest BCUT2D eigenvalue weighted by molar-refractivity contribution is 5.96. The zero-order valence-corrected chi connectivity index (χ0v) is 17.7. The number of hydrogen-bond acceptors (Lipinski definition) is 6. The molecule has 1 atom stereocenters. The van der Waals surface area contributed by atoms with Gasteiger partial charge in [-0.15, -0.1) is 12.4 Å². The third-order valence-electron chi connectivity index (χ3n) is 5.03. The van der Waals surface area contributed by atoms with Crippen LogP contribution in [0.4, 0.5) is 11.4 Å². The number of unbranched alkanes of at least 4 members (excludes halogenated alkanes) is 1. The molecule has 1 unspecified atom stereocenters. The molecule has 0 aromatic heterocycles. The van der Waals surface area contributed by atoms with Gasteiger partial charge in [-0.05, 0) is 18.6 Å². The number of nitrogens with two attached hydrogens (primary N) is 1. The van der Waals surface area contributed by atoms with Crippen molar-refractivity contribution in [2.24, 2.45) is 5.73 Å². The highest BCUT2D eigenvalue weighted by Crippen LogP contribution is 2.30. The van der Waals surface area contributed by atoms with E-state index in [0.717, 1.165) is 19.3 Å². The molecule has 1 aliphatic heterocycles. The molecule has 29 heavy (non-hydrogen) atoms. The molecule has 0 bridgehead atoms. The number of nitrogens with zero attached hydrogens (tertiary/aromatic N) is 3. The quantitative estimate of drug-likeness (QED) is 0.482. The maximum Gasteiger partial charge on any atom is 0.293 e.